The lowest BCUT2D eigenvalue weighted by molar-refractivity contribution is 0.0284. The Morgan fingerprint density at radius 2 is 2.07 bits per heavy atom. The van der Waals surface area contributed by atoms with Gasteiger partial charge in [0.2, 0.25) is 0 Å². The number of hydrogen-bond donors (Lipinski definition) is 1. The summed E-state index contributed by atoms with van der Waals surface area (Å²) in [4.78, 5) is 0. The van der Waals surface area contributed by atoms with Gasteiger partial charge in [-0.3, -0.25) is 0 Å². The van der Waals surface area contributed by atoms with Gasteiger partial charge >= 0.3 is 0 Å². The minimum absolute atomic E-state index is 0.193. The van der Waals surface area contributed by atoms with Crippen LogP contribution in [0.3, 0.4) is 0 Å². The summed E-state index contributed by atoms with van der Waals surface area (Å²) in [6.07, 6.45) is 0. The van der Waals surface area contributed by atoms with Crippen LogP contribution in [0.4, 0.5) is 4.39 Å². The monoisotopic (exact) mass is 198 g/mol. The zero-order valence-corrected chi connectivity index (χ0v) is 8.67. The molecule has 0 aliphatic rings. The zero-order chi connectivity index (χ0) is 10.8. The van der Waals surface area contributed by atoms with E-state index >= 15 is 0 Å². The highest BCUT2D eigenvalue weighted by Crippen LogP contribution is 2.17. The Kier molecular flexibility index (Phi) is 3.11. The SMILES string of the molecule is Cc1cc(OCC(C)(C)O)ccc1F. The van der Waals surface area contributed by atoms with Crippen LogP contribution < -0.4 is 4.74 Å². The summed E-state index contributed by atoms with van der Waals surface area (Å²) < 4.78 is 18.2. The van der Waals surface area contributed by atoms with Gasteiger partial charge in [0.1, 0.15) is 18.2 Å². The third kappa shape index (κ3) is 3.34. The summed E-state index contributed by atoms with van der Waals surface area (Å²) in [6, 6.07) is 4.52. The van der Waals surface area contributed by atoms with E-state index < -0.39 is 5.60 Å². The van der Waals surface area contributed by atoms with Crippen molar-refractivity contribution in [2.24, 2.45) is 0 Å². The summed E-state index contributed by atoms with van der Waals surface area (Å²) >= 11 is 0. The molecular formula is C11H15FO2. The third-order valence-corrected chi connectivity index (χ3v) is 1.72. The number of hydrogen-bond acceptors (Lipinski definition) is 2. The Morgan fingerprint density at radius 3 is 2.57 bits per heavy atom. The first-order valence-electron chi connectivity index (χ1n) is 4.50. The van der Waals surface area contributed by atoms with Gasteiger partial charge in [0.05, 0.1) is 5.60 Å². The number of halogens is 1. The first-order chi connectivity index (χ1) is 6.38. The quantitative estimate of drug-likeness (QED) is 0.807. The molecule has 0 spiro atoms. The molecule has 1 rings (SSSR count). The lowest BCUT2D eigenvalue weighted by atomic mass is 10.1. The molecule has 0 aromatic heterocycles. The smallest absolute Gasteiger partial charge is 0.126 e. The lowest BCUT2D eigenvalue weighted by Crippen LogP contribution is -2.27. The second-order valence-corrected chi connectivity index (χ2v) is 4.01. The minimum Gasteiger partial charge on any atom is -0.491 e. The average molecular weight is 198 g/mol. The summed E-state index contributed by atoms with van der Waals surface area (Å²) in [5, 5.41) is 9.40. The molecular weight excluding hydrogens is 183 g/mol. The molecule has 1 N–H and O–H groups in total. The van der Waals surface area contributed by atoms with E-state index in [1.54, 1.807) is 32.9 Å². The molecule has 14 heavy (non-hydrogen) atoms. The molecule has 0 fully saturated rings. The molecule has 0 heterocycles. The summed E-state index contributed by atoms with van der Waals surface area (Å²) in [5.41, 5.74) is -0.333. The van der Waals surface area contributed by atoms with Gasteiger partial charge in [-0.05, 0) is 44.5 Å². The van der Waals surface area contributed by atoms with Crippen molar-refractivity contribution in [2.75, 3.05) is 6.61 Å². The molecule has 1 aromatic carbocycles. The molecule has 2 nitrogen and oxygen atoms in total. The van der Waals surface area contributed by atoms with Gasteiger partial charge in [-0.15, -0.1) is 0 Å². The molecule has 78 valence electrons. The maximum absolute atomic E-state index is 12.9. The van der Waals surface area contributed by atoms with Crippen molar-refractivity contribution < 1.29 is 14.2 Å². The fourth-order valence-electron chi connectivity index (χ4n) is 0.967. The van der Waals surface area contributed by atoms with Crippen LogP contribution in [0.2, 0.25) is 0 Å². The average Bonchev–Trinajstić information content (AvgIpc) is 2.06. The third-order valence-electron chi connectivity index (χ3n) is 1.72. The minimum atomic E-state index is -0.873. The maximum atomic E-state index is 12.9. The Hall–Kier alpha value is -1.09. The molecule has 0 saturated carbocycles. The van der Waals surface area contributed by atoms with Gasteiger partial charge in [0.15, 0.2) is 0 Å². The predicted octanol–water partition coefficient (Wildman–Crippen LogP) is 2.28. The van der Waals surface area contributed by atoms with Gasteiger partial charge < -0.3 is 9.84 Å². The van der Waals surface area contributed by atoms with Gasteiger partial charge in [-0.1, -0.05) is 0 Å². The van der Waals surface area contributed by atoms with Crippen LogP contribution in [0, 0.1) is 12.7 Å². The molecule has 0 radical (unpaired) electrons. The number of rotatable bonds is 3. The van der Waals surface area contributed by atoms with E-state index in [-0.39, 0.29) is 12.4 Å². The van der Waals surface area contributed by atoms with Crippen LogP contribution >= 0.6 is 0 Å². The van der Waals surface area contributed by atoms with Crippen molar-refractivity contribution in [3.05, 3.63) is 29.6 Å². The summed E-state index contributed by atoms with van der Waals surface area (Å²) in [7, 11) is 0. The van der Waals surface area contributed by atoms with Crippen LogP contribution in [-0.2, 0) is 0 Å². The van der Waals surface area contributed by atoms with Crippen molar-refractivity contribution in [2.45, 2.75) is 26.4 Å². The second-order valence-electron chi connectivity index (χ2n) is 4.01. The van der Waals surface area contributed by atoms with E-state index in [9.17, 15) is 9.50 Å². The van der Waals surface area contributed by atoms with Crippen molar-refractivity contribution in [1.29, 1.82) is 0 Å². The lowest BCUT2D eigenvalue weighted by Gasteiger charge is -2.17. The van der Waals surface area contributed by atoms with Crippen LogP contribution in [0.1, 0.15) is 19.4 Å². The van der Waals surface area contributed by atoms with E-state index in [1.165, 1.54) is 6.07 Å². The first-order valence-corrected chi connectivity index (χ1v) is 4.50. The highest BCUT2D eigenvalue weighted by atomic mass is 19.1. The van der Waals surface area contributed by atoms with E-state index in [0.717, 1.165) is 0 Å². The number of ether oxygens (including phenoxy) is 1. The Bertz CT molecular complexity index is 316. The number of aryl methyl sites for hydroxylation is 1. The molecule has 0 atom stereocenters. The summed E-state index contributed by atoms with van der Waals surface area (Å²) in [5.74, 6) is 0.326. The van der Waals surface area contributed by atoms with E-state index in [0.29, 0.717) is 11.3 Å². The van der Waals surface area contributed by atoms with Crippen molar-refractivity contribution in [1.82, 2.24) is 0 Å². The van der Waals surface area contributed by atoms with Crippen LogP contribution in [0.5, 0.6) is 5.75 Å². The zero-order valence-electron chi connectivity index (χ0n) is 8.67. The topological polar surface area (TPSA) is 29.5 Å². The maximum Gasteiger partial charge on any atom is 0.126 e. The molecule has 0 amide bonds. The van der Waals surface area contributed by atoms with Crippen LogP contribution in [0.25, 0.3) is 0 Å². The fourth-order valence-corrected chi connectivity index (χ4v) is 0.967. The van der Waals surface area contributed by atoms with E-state index in [4.69, 9.17) is 4.74 Å². The fraction of sp³-hybridized carbons (Fsp3) is 0.455. The van der Waals surface area contributed by atoms with Gasteiger partial charge in [0, 0.05) is 0 Å². The van der Waals surface area contributed by atoms with Crippen LogP contribution in [0.15, 0.2) is 18.2 Å². The summed E-state index contributed by atoms with van der Waals surface area (Å²) in [6.45, 7) is 5.18. The van der Waals surface area contributed by atoms with Gasteiger partial charge in [-0.25, -0.2) is 4.39 Å². The second kappa shape index (κ2) is 3.96. The number of benzene rings is 1. The normalized spacial score (nSPS) is 11.5. The molecule has 0 aliphatic heterocycles. The molecule has 1 aromatic rings. The molecule has 3 heteroatoms. The molecule has 0 saturated heterocycles. The Balaban J connectivity index is 2.65. The Labute approximate surface area is 83.3 Å². The molecule has 0 aliphatic carbocycles. The van der Waals surface area contributed by atoms with Crippen molar-refractivity contribution in [3.63, 3.8) is 0 Å². The largest absolute Gasteiger partial charge is 0.491 e. The highest BCUT2D eigenvalue weighted by Gasteiger charge is 2.13. The number of aliphatic hydroxyl groups is 1. The first kappa shape index (κ1) is 11.0. The van der Waals surface area contributed by atoms with E-state index in [2.05, 4.69) is 0 Å². The van der Waals surface area contributed by atoms with Gasteiger partial charge in [-0.2, -0.15) is 0 Å². The van der Waals surface area contributed by atoms with Crippen molar-refractivity contribution >= 4 is 0 Å². The highest BCUT2D eigenvalue weighted by molar-refractivity contribution is 5.28. The van der Waals surface area contributed by atoms with Crippen LogP contribution in [-0.4, -0.2) is 17.3 Å². The predicted molar refractivity (Wildman–Crippen MR) is 52.9 cm³/mol. The van der Waals surface area contributed by atoms with E-state index in [1.807, 2.05) is 0 Å². The van der Waals surface area contributed by atoms with Gasteiger partial charge in [0.25, 0.3) is 0 Å². The molecule has 0 bridgehead atoms. The standard InChI is InChI=1S/C11H15FO2/c1-8-6-9(4-5-10(8)12)14-7-11(2,3)13/h4-6,13H,7H2,1-3H3. The van der Waals surface area contributed by atoms with Crippen molar-refractivity contribution in [3.8, 4) is 5.75 Å². The Morgan fingerprint density at radius 1 is 1.43 bits per heavy atom. The molecule has 0 unspecified atom stereocenters.